The van der Waals surface area contributed by atoms with Crippen molar-refractivity contribution in [3.8, 4) is 0 Å². The average Bonchev–Trinajstić information content (AvgIpc) is 2.37. The van der Waals surface area contributed by atoms with Crippen molar-refractivity contribution >= 4 is 17.1 Å². The first-order chi connectivity index (χ1) is 9.70. The normalized spacial score (nSPS) is 13.1. The van der Waals surface area contributed by atoms with Crippen LogP contribution >= 0.6 is 0 Å². The molecule has 0 aliphatic carbocycles. The summed E-state index contributed by atoms with van der Waals surface area (Å²) < 4.78 is 6.32. The first kappa shape index (κ1) is 15.0. The number of pyridine rings is 1. The standard InChI is InChI=1S/C14H17N3O4/c1-8(13(20)21-14(2,3)4)17-10-9(6-5-7-15-10)16-11(18)12(17)19/h5-8H,1-4H3,(H,16,18)/t8-/m0/s1. The van der Waals surface area contributed by atoms with Crippen molar-refractivity contribution in [1.29, 1.82) is 0 Å². The van der Waals surface area contributed by atoms with Crippen LogP contribution in [0.25, 0.3) is 11.2 Å². The number of nitrogens with zero attached hydrogens (tertiary/aromatic N) is 2. The van der Waals surface area contributed by atoms with E-state index >= 15 is 0 Å². The molecule has 0 unspecified atom stereocenters. The minimum Gasteiger partial charge on any atom is -0.458 e. The molecule has 2 rings (SSSR count). The Morgan fingerprint density at radius 3 is 2.67 bits per heavy atom. The summed E-state index contributed by atoms with van der Waals surface area (Å²) in [6, 6.07) is 2.30. The van der Waals surface area contributed by atoms with Gasteiger partial charge in [0.15, 0.2) is 5.65 Å². The molecule has 0 spiro atoms. The van der Waals surface area contributed by atoms with E-state index in [2.05, 4.69) is 9.97 Å². The van der Waals surface area contributed by atoms with E-state index in [0.717, 1.165) is 4.57 Å². The lowest BCUT2D eigenvalue weighted by molar-refractivity contribution is -0.158. The van der Waals surface area contributed by atoms with E-state index < -0.39 is 28.7 Å². The Kier molecular flexibility index (Phi) is 3.67. The number of fused-ring (bicyclic) bond motifs is 1. The maximum absolute atomic E-state index is 12.1. The third-order valence-corrected chi connectivity index (χ3v) is 2.81. The van der Waals surface area contributed by atoms with Gasteiger partial charge in [0.1, 0.15) is 11.6 Å². The molecule has 0 aromatic carbocycles. The van der Waals surface area contributed by atoms with Gasteiger partial charge in [0, 0.05) is 6.20 Å². The molecule has 0 radical (unpaired) electrons. The first-order valence-corrected chi connectivity index (χ1v) is 6.53. The summed E-state index contributed by atoms with van der Waals surface area (Å²) >= 11 is 0. The summed E-state index contributed by atoms with van der Waals surface area (Å²) in [5, 5.41) is 0. The Morgan fingerprint density at radius 2 is 2.05 bits per heavy atom. The van der Waals surface area contributed by atoms with Gasteiger partial charge in [0.2, 0.25) is 0 Å². The maximum Gasteiger partial charge on any atom is 0.329 e. The van der Waals surface area contributed by atoms with E-state index in [1.807, 2.05) is 0 Å². The second-order valence-corrected chi connectivity index (χ2v) is 5.71. The fourth-order valence-electron chi connectivity index (χ4n) is 1.92. The molecular weight excluding hydrogens is 274 g/mol. The molecule has 0 saturated heterocycles. The van der Waals surface area contributed by atoms with Gasteiger partial charge in [-0.1, -0.05) is 0 Å². The monoisotopic (exact) mass is 291 g/mol. The number of ether oxygens (including phenoxy) is 1. The predicted molar refractivity (Wildman–Crippen MR) is 77.2 cm³/mol. The number of carbonyl (C=O) groups excluding carboxylic acids is 1. The lowest BCUT2D eigenvalue weighted by Crippen LogP contribution is -2.41. The van der Waals surface area contributed by atoms with Gasteiger partial charge in [-0.2, -0.15) is 0 Å². The zero-order valence-electron chi connectivity index (χ0n) is 12.3. The number of nitrogens with one attached hydrogen (secondary N) is 1. The van der Waals surface area contributed by atoms with Crippen LogP contribution in [0, 0.1) is 0 Å². The van der Waals surface area contributed by atoms with Gasteiger partial charge in [0.25, 0.3) is 0 Å². The highest BCUT2D eigenvalue weighted by atomic mass is 16.6. The van der Waals surface area contributed by atoms with Crippen molar-refractivity contribution in [3.63, 3.8) is 0 Å². The van der Waals surface area contributed by atoms with Crippen LogP contribution in [0.15, 0.2) is 27.9 Å². The molecule has 2 aromatic rings. The molecule has 21 heavy (non-hydrogen) atoms. The zero-order chi connectivity index (χ0) is 15.8. The predicted octanol–water partition coefficient (Wildman–Crippen LogP) is 0.987. The van der Waals surface area contributed by atoms with Crippen molar-refractivity contribution in [2.24, 2.45) is 0 Å². The summed E-state index contributed by atoms with van der Waals surface area (Å²) in [6.45, 7) is 6.70. The minimum absolute atomic E-state index is 0.237. The molecule has 0 fully saturated rings. The first-order valence-electron chi connectivity index (χ1n) is 6.53. The summed E-state index contributed by atoms with van der Waals surface area (Å²) in [5.74, 6) is -0.595. The van der Waals surface area contributed by atoms with E-state index in [1.165, 1.54) is 13.1 Å². The number of esters is 1. The zero-order valence-corrected chi connectivity index (χ0v) is 12.3. The molecule has 0 saturated carbocycles. The topological polar surface area (TPSA) is 94.0 Å². The smallest absolute Gasteiger partial charge is 0.329 e. The largest absolute Gasteiger partial charge is 0.458 e. The number of rotatable bonds is 2. The Balaban J connectivity index is 2.60. The molecule has 1 atom stereocenters. The van der Waals surface area contributed by atoms with E-state index in [0.29, 0.717) is 5.52 Å². The average molecular weight is 291 g/mol. The number of aromatic amines is 1. The highest BCUT2D eigenvalue weighted by molar-refractivity contribution is 5.77. The van der Waals surface area contributed by atoms with Gasteiger partial charge in [-0.05, 0) is 39.8 Å². The quantitative estimate of drug-likeness (QED) is 0.657. The van der Waals surface area contributed by atoms with Gasteiger partial charge in [-0.3, -0.25) is 14.2 Å². The summed E-state index contributed by atoms with van der Waals surface area (Å²) in [6.07, 6.45) is 1.48. The van der Waals surface area contributed by atoms with Crippen LogP contribution in [0.1, 0.15) is 33.7 Å². The fraction of sp³-hybridized carbons (Fsp3) is 0.429. The summed E-state index contributed by atoms with van der Waals surface area (Å²) in [7, 11) is 0. The molecule has 0 bridgehead atoms. The van der Waals surface area contributed by atoms with Crippen molar-refractivity contribution in [3.05, 3.63) is 39.0 Å². The van der Waals surface area contributed by atoms with E-state index in [1.54, 1.807) is 32.9 Å². The number of hydrogen-bond acceptors (Lipinski definition) is 5. The molecule has 2 heterocycles. The highest BCUT2D eigenvalue weighted by Gasteiger charge is 2.26. The van der Waals surface area contributed by atoms with Gasteiger partial charge < -0.3 is 9.72 Å². The number of carbonyl (C=O) groups is 1. The molecule has 0 aliphatic heterocycles. The van der Waals surface area contributed by atoms with Gasteiger partial charge in [0.05, 0.1) is 5.52 Å². The molecular formula is C14H17N3O4. The van der Waals surface area contributed by atoms with Crippen LogP contribution in [0.3, 0.4) is 0 Å². The number of H-pyrrole nitrogens is 1. The molecule has 7 heteroatoms. The van der Waals surface area contributed by atoms with Gasteiger partial charge in [-0.15, -0.1) is 0 Å². The van der Waals surface area contributed by atoms with E-state index in [9.17, 15) is 14.4 Å². The molecule has 0 amide bonds. The van der Waals surface area contributed by atoms with Crippen molar-refractivity contribution in [2.45, 2.75) is 39.3 Å². The maximum atomic E-state index is 12.1. The lowest BCUT2D eigenvalue weighted by atomic mass is 10.2. The Labute approximate surface area is 120 Å². The summed E-state index contributed by atoms with van der Waals surface area (Å²) in [5.41, 5.74) is -1.69. The third kappa shape index (κ3) is 3.01. The van der Waals surface area contributed by atoms with E-state index in [-0.39, 0.29) is 5.65 Å². The fourth-order valence-corrected chi connectivity index (χ4v) is 1.92. The third-order valence-electron chi connectivity index (χ3n) is 2.81. The van der Waals surface area contributed by atoms with Crippen LogP contribution < -0.4 is 11.1 Å². The van der Waals surface area contributed by atoms with Crippen LogP contribution in [0.5, 0.6) is 0 Å². The molecule has 7 nitrogen and oxygen atoms in total. The minimum atomic E-state index is -0.948. The number of hydrogen-bond donors (Lipinski definition) is 1. The van der Waals surface area contributed by atoms with Crippen LogP contribution in [0.2, 0.25) is 0 Å². The highest BCUT2D eigenvalue weighted by Crippen LogP contribution is 2.16. The van der Waals surface area contributed by atoms with Crippen LogP contribution in [-0.2, 0) is 9.53 Å². The second-order valence-electron chi connectivity index (χ2n) is 5.71. The van der Waals surface area contributed by atoms with Crippen LogP contribution in [0.4, 0.5) is 0 Å². The Morgan fingerprint density at radius 1 is 1.38 bits per heavy atom. The lowest BCUT2D eigenvalue weighted by Gasteiger charge is -2.23. The van der Waals surface area contributed by atoms with Gasteiger partial charge >= 0.3 is 17.1 Å². The van der Waals surface area contributed by atoms with Crippen LogP contribution in [-0.4, -0.2) is 26.1 Å². The second kappa shape index (κ2) is 5.16. The molecule has 112 valence electrons. The molecule has 1 N–H and O–H groups in total. The van der Waals surface area contributed by atoms with Crippen molar-refractivity contribution < 1.29 is 9.53 Å². The Bertz CT molecular complexity index is 798. The van der Waals surface area contributed by atoms with E-state index in [4.69, 9.17) is 4.74 Å². The SMILES string of the molecule is C[C@@H](C(=O)OC(C)(C)C)n1c(=O)c(=O)[nH]c2cccnc21. The number of aromatic nitrogens is 3. The van der Waals surface area contributed by atoms with Crippen molar-refractivity contribution in [1.82, 2.24) is 14.5 Å². The molecule has 2 aromatic heterocycles. The summed E-state index contributed by atoms with van der Waals surface area (Å²) in [4.78, 5) is 42.4. The van der Waals surface area contributed by atoms with Crippen molar-refractivity contribution in [2.75, 3.05) is 0 Å². The molecule has 0 aliphatic rings. The Hall–Kier alpha value is -2.44. The van der Waals surface area contributed by atoms with Gasteiger partial charge in [-0.25, -0.2) is 9.78 Å².